The fourth-order valence-electron chi connectivity index (χ4n) is 3.28. The molecular formula is C17H36IN5O. The lowest BCUT2D eigenvalue weighted by atomic mass is 10.1. The summed E-state index contributed by atoms with van der Waals surface area (Å²) in [6.07, 6.45) is 0.206. The van der Waals surface area contributed by atoms with Gasteiger partial charge >= 0.3 is 0 Å². The Morgan fingerprint density at radius 1 is 1.29 bits per heavy atom. The average Bonchev–Trinajstić information content (AvgIpc) is 2.86. The van der Waals surface area contributed by atoms with Gasteiger partial charge in [-0.05, 0) is 33.7 Å². The molecule has 2 fully saturated rings. The Morgan fingerprint density at radius 2 is 2.04 bits per heavy atom. The fraction of sp³-hybridized carbons (Fsp3) is 0.941. The predicted molar refractivity (Wildman–Crippen MR) is 111 cm³/mol. The minimum atomic E-state index is 0. The molecule has 2 aliphatic rings. The highest BCUT2D eigenvalue weighted by molar-refractivity contribution is 14.0. The molecule has 0 aromatic carbocycles. The molecule has 3 unspecified atom stereocenters. The number of hydrogen-bond donors (Lipinski definition) is 2. The van der Waals surface area contributed by atoms with E-state index in [1.807, 2.05) is 0 Å². The van der Waals surface area contributed by atoms with Crippen molar-refractivity contribution in [3.8, 4) is 0 Å². The number of aliphatic imine (C=N–C) groups is 1. The van der Waals surface area contributed by atoms with Gasteiger partial charge in [0.1, 0.15) is 0 Å². The van der Waals surface area contributed by atoms with Crippen molar-refractivity contribution in [1.82, 2.24) is 20.4 Å². The van der Waals surface area contributed by atoms with Crippen molar-refractivity contribution in [3.05, 3.63) is 0 Å². The van der Waals surface area contributed by atoms with Crippen LogP contribution >= 0.6 is 24.0 Å². The second-order valence-electron chi connectivity index (χ2n) is 7.25. The zero-order valence-corrected chi connectivity index (χ0v) is 18.2. The Morgan fingerprint density at radius 3 is 2.62 bits per heavy atom. The van der Waals surface area contributed by atoms with E-state index in [1.165, 1.54) is 0 Å². The number of nitrogens with zero attached hydrogens (tertiary/aromatic N) is 3. The third-order valence-corrected chi connectivity index (χ3v) is 4.83. The Labute approximate surface area is 164 Å². The van der Waals surface area contributed by atoms with Crippen molar-refractivity contribution in [2.45, 2.75) is 45.9 Å². The van der Waals surface area contributed by atoms with Gasteiger partial charge in [-0.2, -0.15) is 0 Å². The molecule has 3 atom stereocenters. The van der Waals surface area contributed by atoms with Crippen LogP contribution in [0.4, 0.5) is 0 Å². The van der Waals surface area contributed by atoms with Crippen molar-refractivity contribution < 1.29 is 4.74 Å². The van der Waals surface area contributed by atoms with Crippen molar-refractivity contribution in [2.75, 3.05) is 52.9 Å². The molecule has 24 heavy (non-hydrogen) atoms. The van der Waals surface area contributed by atoms with E-state index < -0.39 is 0 Å². The van der Waals surface area contributed by atoms with Gasteiger partial charge in [0, 0.05) is 44.8 Å². The number of morpholine rings is 1. The molecule has 2 aliphatic heterocycles. The molecule has 7 heteroatoms. The van der Waals surface area contributed by atoms with Gasteiger partial charge in [-0.15, -0.1) is 24.0 Å². The van der Waals surface area contributed by atoms with E-state index >= 15 is 0 Å². The number of hydrogen-bond acceptors (Lipinski definition) is 4. The van der Waals surface area contributed by atoms with Crippen LogP contribution in [-0.2, 0) is 4.74 Å². The Bertz CT molecular complexity index is 393. The van der Waals surface area contributed by atoms with E-state index in [9.17, 15) is 0 Å². The Hall–Kier alpha value is -0.120. The predicted octanol–water partition coefficient (Wildman–Crippen LogP) is 1.22. The molecule has 2 N–H and O–H groups in total. The number of likely N-dealkylation sites (N-methyl/N-ethyl adjacent to an activating group) is 1. The van der Waals surface area contributed by atoms with Crippen LogP contribution in [0.2, 0.25) is 0 Å². The summed E-state index contributed by atoms with van der Waals surface area (Å²) in [7, 11) is 2.14. The highest BCUT2D eigenvalue weighted by Gasteiger charge is 2.31. The van der Waals surface area contributed by atoms with Crippen LogP contribution in [0.1, 0.15) is 27.7 Å². The Balaban J connectivity index is 0.00000288. The molecule has 6 nitrogen and oxygen atoms in total. The summed E-state index contributed by atoms with van der Waals surface area (Å²) >= 11 is 0. The first kappa shape index (κ1) is 21.9. The average molecular weight is 453 g/mol. The second kappa shape index (κ2) is 10.8. The van der Waals surface area contributed by atoms with Gasteiger partial charge in [-0.25, -0.2) is 0 Å². The van der Waals surface area contributed by atoms with Crippen LogP contribution in [0.3, 0.4) is 0 Å². The molecule has 0 saturated carbocycles. The first-order valence-electron chi connectivity index (χ1n) is 9.08. The summed E-state index contributed by atoms with van der Waals surface area (Å²) in [6, 6.07) is 1.07. The van der Waals surface area contributed by atoms with Gasteiger partial charge in [0.05, 0.1) is 19.3 Å². The minimum absolute atomic E-state index is 0. The molecule has 0 amide bonds. The highest BCUT2D eigenvalue weighted by atomic mass is 127. The van der Waals surface area contributed by atoms with Crippen molar-refractivity contribution in [2.24, 2.45) is 10.9 Å². The summed E-state index contributed by atoms with van der Waals surface area (Å²) in [5.74, 6) is 1.56. The normalized spacial score (nSPS) is 29.6. The maximum atomic E-state index is 5.80. The van der Waals surface area contributed by atoms with Gasteiger partial charge in [-0.1, -0.05) is 6.92 Å². The topological polar surface area (TPSA) is 52.1 Å². The van der Waals surface area contributed by atoms with Crippen LogP contribution in [0.25, 0.3) is 0 Å². The van der Waals surface area contributed by atoms with Gasteiger partial charge in [0.25, 0.3) is 0 Å². The molecule has 0 aromatic heterocycles. The van der Waals surface area contributed by atoms with Gasteiger partial charge in [-0.3, -0.25) is 9.89 Å². The maximum absolute atomic E-state index is 5.80. The summed E-state index contributed by atoms with van der Waals surface area (Å²) in [6.45, 7) is 15.6. The molecule has 142 valence electrons. The largest absolute Gasteiger partial charge is 0.374 e. The zero-order chi connectivity index (χ0) is 16.8. The molecule has 0 aromatic rings. The number of nitrogens with one attached hydrogen (secondary N) is 2. The standard InChI is InChI=1S/C17H35N5O.HI/c1-6-18-17(19-9-15-11-21(5)7-8-23-15)20-16-12-22(13(2)3)10-14(16)4;/h13-16H,6-12H2,1-5H3,(H2,18,19,20);1H. The number of likely N-dealkylation sites (tertiary alicyclic amines) is 1. The molecule has 0 bridgehead atoms. The number of halogens is 1. The molecular weight excluding hydrogens is 417 g/mol. The van der Waals surface area contributed by atoms with E-state index in [4.69, 9.17) is 9.73 Å². The van der Waals surface area contributed by atoms with Crippen LogP contribution in [0.15, 0.2) is 4.99 Å². The van der Waals surface area contributed by atoms with Crippen molar-refractivity contribution >= 4 is 29.9 Å². The molecule has 2 heterocycles. The number of ether oxygens (including phenoxy) is 1. The van der Waals surface area contributed by atoms with E-state index in [1.54, 1.807) is 0 Å². The molecule has 0 spiro atoms. The molecule has 0 aliphatic carbocycles. The van der Waals surface area contributed by atoms with E-state index in [-0.39, 0.29) is 30.1 Å². The molecule has 2 saturated heterocycles. The van der Waals surface area contributed by atoms with E-state index in [0.29, 0.717) is 24.5 Å². The van der Waals surface area contributed by atoms with Crippen LogP contribution in [0, 0.1) is 5.92 Å². The second-order valence-corrected chi connectivity index (χ2v) is 7.25. The first-order valence-corrected chi connectivity index (χ1v) is 9.08. The van der Waals surface area contributed by atoms with E-state index in [2.05, 4.69) is 55.2 Å². The number of guanidine groups is 1. The van der Waals surface area contributed by atoms with Crippen molar-refractivity contribution in [1.29, 1.82) is 0 Å². The minimum Gasteiger partial charge on any atom is -0.374 e. The van der Waals surface area contributed by atoms with Crippen LogP contribution < -0.4 is 10.6 Å². The first-order chi connectivity index (χ1) is 11.0. The summed E-state index contributed by atoms with van der Waals surface area (Å²) in [5.41, 5.74) is 0. The van der Waals surface area contributed by atoms with Gasteiger partial charge in [0.15, 0.2) is 5.96 Å². The summed E-state index contributed by atoms with van der Waals surface area (Å²) in [5, 5.41) is 7.01. The summed E-state index contributed by atoms with van der Waals surface area (Å²) in [4.78, 5) is 9.61. The lowest BCUT2D eigenvalue weighted by molar-refractivity contribution is -0.0136. The van der Waals surface area contributed by atoms with Crippen LogP contribution in [0.5, 0.6) is 0 Å². The summed E-state index contributed by atoms with van der Waals surface area (Å²) < 4.78 is 5.80. The SMILES string of the molecule is CCNC(=NCC1CN(C)CCO1)NC1CN(C(C)C)CC1C.I. The smallest absolute Gasteiger partial charge is 0.191 e. The maximum Gasteiger partial charge on any atom is 0.191 e. The monoisotopic (exact) mass is 453 g/mol. The Kier molecular flexibility index (Phi) is 9.84. The van der Waals surface area contributed by atoms with E-state index in [0.717, 1.165) is 45.3 Å². The molecule has 0 radical (unpaired) electrons. The van der Waals surface area contributed by atoms with Crippen molar-refractivity contribution in [3.63, 3.8) is 0 Å². The zero-order valence-electron chi connectivity index (χ0n) is 15.9. The third-order valence-electron chi connectivity index (χ3n) is 4.83. The van der Waals surface area contributed by atoms with Crippen LogP contribution in [-0.4, -0.2) is 86.9 Å². The third kappa shape index (κ3) is 6.65. The fourth-order valence-corrected chi connectivity index (χ4v) is 3.28. The lowest BCUT2D eigenvalue weighted by Crippen LogP contribution is -2.48. The molecule has 2 rings (SSSR count). The van der Waals surface area contributed by atoms with Gasteiger partial charge < -0.3 is 20.3 Å². The highest BCUT2D eigenvalue weighted by Crippen LogP contribution is 2.18. The quantitative estimate of drug-likeness (QED) is 0.373. The number of rotatable bonds is 5. The lowest BCUT2D eigenvalue weighted by Gasteiger charge is -2.29. The van der Waals surface area contributed by atoms with Gasteiger partial charge in [0.2, 0.25) is 0 Å².